The number of hydrogen-bond acceptors (Lipinski definition) is 2. The normalized spacial score (nSPS) is 11.0. The quantitative estimate of drug-likeness (QED) is 0.542. The summed E-state index contributed by atoms with van der Waals surface area (Å²) >= 11 is 0. The fraction of sp³-hybridized carbons (Fsp3) is 0.130. The molecule has 0 amide bonds. The lowest BCUT2D eigenvalue weighted by Crippen LogP contribution is -2.21. The summed E-state index contributed by atoms with van der Waals surface area (Å²) in [5.74, 6) is 0. The molecule has 134 valence electrons. The van der Waals surface area contributed by atoms with E-state index in [1.807, 2.05) is 48.7 Å². The van der Waals surface area contributed by atoms with E-state index >= 15 is 0 Å². The highest BCUT2D eigenvalue weighted by Gasteiger charge is 2.10. The zero-order valence-electron chi connectivity index (χ0n) is 15.5. The largest absolute Gasteiger partial charge is 0.308 e. The number of hydrogen-bond donors (Lipinski definition) is 0. The first-order chi connectivity index (χ1) is 13.0. The van der Waals surface area contributed by atoms with Crippen molar-refractivity contribution in [3.63, 3.8) is 0 Å². The highest BCUT2D eigenvalue weighted by Crippen LogP contribution is 2.21. The van der Waals surface area contributed by atoms with Gasteiger partial charge in [-0.3, -0.25) is 4.79 Å². The summed E-state index contributed by atoms with van der Waals surface area (Å²) in [4.78, 5) is 12.9. The predicted octanol–water partition coefficient (Wildman–Crippen LogP) is 4.47. The maximum Gasteiger partial charge on any atom is 0.276 e. The van der Waals surface area contributed by atoms with Crippen LogP contribution in [0.3, 0.4) is 0 Å². The molecule has 4 nitrogen and oxygen atoms in total. The highest BCUT2D eigenvalue weighted by atomic mass is 16.1. The van der Waals surface area contributed by atoms with Gasteiger partial charge in [0, 0.05) is 18.0 Å². The van der Waals surface area contributed by atoms with Crippen LogP contribution in [-0.4, -0.2) is 14.2 Å². The molecule has 2 aromatic carbocycles. The predicted molar refractivity (Wildman–Crippen MR) is 110 cm³/mol. The SMILES string of the molecule is C=Cc1ccc(Cn2ccn3nc(-c4ccc(C)c(C)c4)cc3c2=O)cc1. The number of aromatic nitrogens is 3. The minimum atomic E-state index is -0.0483. The van der Waals surface area contributed by atoms with Crippen LogP contribution in [0.25, 0.3) is 22.9 Å². The molecule has 4 aromatic rings. The second-order valence-corrected chi connectivity index (χ2v) is 6.84. The molecule has 0 saturated carbocycles. The second-order valence-electron chi connectivity index (χ2n) is 6.84. The summed E-state index contributed by atoms with van der Waals surface area (Å²) in [6.45, 7) is 8.46. The molecule has 0 aliphatic carbocycles. The highest BCUT2D eigenvalue weighted by molar-refractivity contribution is 5.66. The first-order valence-electron chi connectivity index (χ1n) is 8.93. The van der Waals surface area contributed by atoms with E-state index in [1.165, 1.54) is 11.1 Å². The van der Waals surface area contributed by atoms with Crippen LogP contribution in [0.15, 0.2) is 72.3 Å². The van der Waals surface area contributed by atoms with Crippen LogP contribution in [0.4, 0.5) is 0 Å². The first kappa shape index (κ1) is 17.0. The monoisotopic (exact) mass is 355 g/mol. The number of fused-ring (bicyclic) bond motifs is 1. The Hall–Kier alpha value is -3.40. The van der Waals surface area contributed by atoms with Crippen molar-refractivity contribution in [1.29, 1.82) is 0 Å². The molecule has 0 radical (unpaired) electrons. The smallest absolute Gasteiger partial charge is 0.276 e. The van der Waals surface area contributed by atoms with Crippen molar-refractivity contribution >= 4 is 11.6 Å². The minimum absolute atomic E-state index is 0.0483. The molecular formula is C23H21N3O. The van der Waals surface area contributed by atoms with Crippen LogP contribution < -0.4 is 5.56 Å². The lowest BCUT2D eigenvalue weighted by atomic mass is 10.0. The molecule has 0 atom stereocenters. The Morgan fingerprint density at radius 3 is 2.48 bits per heavy atom. The Morgan fingerprint density at radius 2 is 1.78 bits per heavy atom. The summed E-state index contributed by atoms with van der Waals surface area (Å²) in [6, 6.07) is 16.1. The molecule has 0 aliphatic heterocycles. The van der Waals surface area contributed by atoms with E-state index < -0.39 is 0 Å². The third-order valence-electron chi connectivity index (χ3n) is 4.97. The van der Waals surface area contributed by atoms with Gasteiger partial charge in [0.1, 0.15) is 5.52 Å². The lowest BCUT2D eigenvalue weighted by molar-refractivity contribution is 0.743. The van der Waals surface area contributed by atoms with Crippen LogP contribution >= 0.6 is 0 Å². The van der Waals surface area contributed by atoms with Gasteiger partial charge in [0.2, 0.25) is 0 Å². The van der Waals surface area contributed by atoms with Crippen molar-refractivity contribution in [3.05, 3.63) is 100 Å². The van der Waals surface area contributed by atoms with Crippen molar-refractivity contribution in [2.45, 2.75) is 20.4 Å². The molecule has 27 heavy (non-hydrogen) atoms. The molecule has 4 rings (SSSR count). The van der Waals surface area contributed by atoms with Gasteiger partial charge in [0.25, 0.3) is 5.56 Å². The summed E-state index contributed by atoms with van der Waals surface area (Å²) in [7, 11) is 0. The molecule has 4 heteroatoms. The Labute approximate surface area is 158 Å². The van der Waals surface area contributed by atoms with Gasteiger partial charge in [-0.2, -0.15) is 5.10 Å². The summed E-state index contributed by atoms with van der Waals surface area (Å²) in [6.07, 6.45) is 5.43. The Kier molecular flexibility index (Phi) is 4.24. The van der Waals surface area contributed by atoms with E-state index in [1.54, 1.807) is 15.3 Å². The van der Waals surface area contributed by atoms with E-state index in [4.69, 9.17) is 0 Å². The van der Waals surface area contributed by atoms with Crippen LogP contribution in [0, 0.1) is 13.8 Å². The van der Waals surface area contributed by atoms with Gasteiger partial charge in [-0.1, -0.05) is 49.1 Å². The third kappa shape index (κ3) is 3.22. The molecule has 0 fully saturated rings. The number of benzene rings is 2. The molecular weight excluding hydrogens is 334 g/mol. The van der Waals surface area contributed by atoms with Gasteiger partial charge in [0.15, 0.2) is 0 Å². The molecule has 0 spiro atoms. The van der Waals surface area contributed by atoms with Crippen molar-refractivity contribution in [2.24, 2.45) is 0 Å². The zero-order valence-corrected chi connectivity index (χ0v) is 15.5. The topological polar surface area (TPSA) is 39.3 Å². The molecule has 0 aliphatic rings. The molecule has 0 unspecified atom stereocenters. The van der Waals surface area contributed by atoms with Crippen molar-refractivity contribution < 1.29 is 0 Å². The van der Waals surface area contributed by atoms with Gasteiger partial charge in [-0.05, 0) is 48.2 Å². The average molecular weight is 355 g/mol. The maximum atomic E-state index is 12.9. The van der Waals surface area contributed by atoms with Gasteiger partial charge in [0.05, 0.1) is 12.2 Å². The van der Waals surface area contributed by atoms with Gasteiger partial charge < -0.3 is 4.57 Å². The van der Waals surface area contributed by atoms with E-state index in [-0.39, 0.29) is 5.56 Å². The fourth-order valence-electron chi connectivity index (χ4n) is 3.15. The minimum Gasteiger partial charge on any atom is -0.308 e. The van der Waals surface area contributed by atoms with Crippen LogP contribution in [0.5, 0.6) is 0 Å². The number of nitrogens with zero attached hydrogens (tertiary/aromatic N) is 3. The maximum absolute atomic E-state index is 12.9. The summed E-state index contributed by atoms with van der Waals surface area (Å²) in [5.41, 5.74) is 6.95. The summed E-state index contributed by atoms with van der Waals surface area (Å²) < 4.78 is 3.37. The van der Waals surface area contributed by atoms with Crippen molar-refractivity contribution in [1.82, 2.24) is 14.2 Å². The van der Waals surface area contributed by atoms with Crippen LogP contribution in [-0.2, 0) is 6.54 Å². The second kappa shape index (κ2) is 6.72. The van der Waals surface area contributed by atoms with Crippen LogP contribution in [0.1, 0.15) is 22.3 Å². The Bertz CT molecular complexity index is 1200. The van der Waals surface area contributed by atoms with E-state index in [9.17, 15) is 4.79 Å². The van der Waals surface area contributed by atoms with E-state index in [0.717, 1.165) is 22.4 Å². The van der Waals surface area contributed by atoms with Crippen LogP contribution in [0.2, 0.25) is 0 Å². The van der Waals surface area contributed by atoms with Gasteiger partial charge in [-0.15, -0.1) is 0 Å². The average Bonchev–Trinajstić information content (AvgIpc) is 3.12. The molecule has 0 N–H and O–H groups in total. The van der Waals surface area contributed by atoms with E-state index in [0.29, 0.717) is 12.1 Å². The van der Waals surface area contributed by atoms with Gasteiger partial charge >= 0.3 is 0 Å². The lowest BCUT2D eigenvalue weighted by Gasteiger charge is -2.06. The van der Waals surface area contributed by atoms with Crippen molar-refractivity contribution in [3.8, 4) is 11.3 Å². The summed E-state index contributed by atoms with van der Waals surface area (Å²) in [5, 5.41) is 4.58. The fourth-order valence-corrected chi connectivity index (χ4v) is 3.15. The standard InChI is InChI=1S/C23H21N3O/c1-4-18-6-8-19(9-7-18)15-25-11-12-26-22(23(25)27)14-21(24-26)20-10-5-16(2)17(3)13-20/h4-14H,1,15H2,2-3H3. The molecule has 0 saturated heterocycles. The Morgan fingerprint density at radius 1 is 1.00 bits per heavy atom. The molecule has 0 bridgehead atoms. The number of rotatable bonds is 4. The molecule has 2 heterocycles. The van der Waals surface area contributed by atoms with E-state index in [2.05, 4.69) is 37.7 Å². The first-order valence-corrected chi connectivity index (χ1v) is 8.93. The zero-order chi connectivity index (χ0) is 19.0. The number of aryl methyl sites for hydroxylation is 2. The Balaban J connectivity index is 1.72. The van der Waals surface area contributed by atoms with Gasteiger partial charge in [-0.25, -0.2) is 4.52 Å². The third-order valence-corrected chi connectivity index (χ3v) is 4.97. The van der Waals surface area contributed by atoms with Crippen molar-refractivity contribution in [2.75, 3.05) is 0 Å². The molecule has 2 aromatic heterocycles.